The van der Waals surface area contributed by atoms with E-state index in [9.17, 15) is 4.79 Å². The maximum Gasteiger partial charge on any atom is 0.337 e. The molecule has 2 fully saturated rings. The summed E-state index contributed by atoms with van der Waals surface area (Å²) in [5, 5.41) is 0.609. The molecule has 0 amide bonds. The number of esters is 1. The minimum atomic E-state index is -0.661. The Bertz CT molecular complexity index is 1690. The first-order valence-corrected chi connectivity index (χ1v) is 15.3. The number of hydrogen-bond donors (Lipinski definition) is 0. The lowest BCUT2D eigenvalue weighted by molar-refractivity contribution is -0.0592. The van der Waals surface area contributed by atoms with Gasteiger partial charge in [-0.2, -0.15) is 0 Å². The van der Waals surface area contributed by atoms with Gasteiger partial charge in [-0.3, -0.25) is 9.88 Å². The number of carbonyl (C=O) groups is 1. The Hall–Kier alpha value is -3.72. The van der Waals surface area contributed by atoms with Gasteiger partial charge in [0.1, 0.15) is 11.6 Å². The van der Waals surface area contributed by atoms with Crippen LogP contribution in [0.15, 0.2) is 60.8 Å². The van der Waals surface area contributed by atoms with E-state index in [2.05, 4.69) is 51.7 Å². The number of pyridine rings is 1. The Morgan fingerprint density at radius 2 is 1.98 bits per heavy atom. The molecular formula is C34H35ClN4O4. The van der Waals surface area contributed by atoms with Crippen LogP contribution < -0.4 is 4.74 Å². The van der Waals surface area contributed by atoms with Crippen LogP contribution in [-0.2, 0) is 28.2 Å². The predicted octanol–water partition coefficient (Wildman–Crippen LogP) is 6.36. The molecule has 222 valence electrons. The van der Waals surface area contributed by atoms with E-state index in [4.69, 9.17) is 30.8 Å². The highest BCUT2D eigenvalue weighted by atomic mass is 35.5. The summed E-state index contributed by atoms with van der Waals surface area (Å²) in [5.41, 5.74) is 4.89. The Morgan fingerprint density at radius 3 is 2.70 bits per heavy atom. The van der Waals surface area contributed by atoms with Crippen LogP contribution in [-0.4, -0.2) is 58.3 Å². The van der Waals surface area contributed by atoms with Crippen molar-refractivity contribution >= 4 is 34.7 Å². The number of hydrogen-bond acceptors (Lipinski definition) is 7. The third kappa shape index (κ3) is 5.44. The quantitative estimate of drug-likeness (QED) is 0.229. The van der Waals surface area contributed by atoms with Gasteiger partial charge in [0.2, 0.25) is 0 Å². The number of likely N-dealkylation sites (tertiary alicyclic amines) is 1. The van der Waals surface area contributed by atoms with Crippen LogP contribution in [0.1, 0.15) is 65.1 Å². The largest absolute Gasteiger partial charge is 0.476 e. The van der Waals surface area contributed by atoms with Crippen LogP contribution in [0.4, 0.5) is 0 Å². The molecule has 2 aromatic heterocycles. The van der Waals surface area contributed by atoms with Crippen LogP contribution >= 0.6 is 11.6 Å². The van der Waals surface area contributed by atoms with Crippen LogP contribution in [0.25, 0.3) is 17.1 Å². The highest BCUT2D eigenvalue weighted by Crippen LogP contribution is 2.43. The maximum atomic E-state index is 12.2. The highest BCUT2D eigenvalue weighted by Gasteiger charge is 2.34. The summed E-state index contributed by atoms with van der Waals surface area (Å²) in [4.78, 5) is 24.3. The number of fused-ring (bicyclic) bond motifs is 2. The lowest BCUT2D eigenvalue weighted by Gasteiger charge is -2.36. The van der Waals surface area contributed by atoms with Crippen molar-refractivity contribution in [1.82, 2.24) is 19.4 Å². The molecule has 2 atom stereocenters. The molecule has 0 spiro atoms. The van der Waals surface area contributed by atoms with Crippen molar-refractivity contribution in [2.45, 2.75) is 56.9 Å². The van der Waals surface area contributed by atoms with Crippen molar-refractivity contribution in [2.75, 3.05) is 26.8 Å². The minimum absolute atomic E-state index is 0.177. The average Bonchev–Trinajstić information content (AvgIpc) is 3.34. The molecule has 0 bridgehead atoms. The van der Waals surface area contributed by atoms with Gasteiger partial charge in [-0.25, -0.2) is 9.78 Å². The number of para-hydroxylation sites is 1. The number of methoxy groups -OCH3 is 1. The molecule has 0 radical (unpaired) electrons. The van der Waals surface area contributed by atoms with Crippen molar-refractivity contribution < 1.29 is 19.0 Å². The lowest BCUT2D eigenvalue weighted by Crippen LogP contribution is -2.36. The Balaban J connectivity index is 1.09. The zero-order valence-corrected chi connectivity index (χ0v) is 25.2. The standard InChI is InChI=1S/C34H35ClN4O4/c1-34(30-9-7-25(35)19-36-30)14-10-23-4-3-5-27(32(23)43-34)22-11-15-38(16-12-22)21-31-37-28-8-6-24(33(40)41-2)18-29(28)39(31)20-26-13-17-42-26/h3-10,14,18-19,22,26H,11-13,15-17,20-21H2,1-2H3. The molecule has 4 aromatic rings. The van der Waals surface area contributed by atoms with Crippen LogP contribution in [0, 0.1) is 0 Å². The number of benzene rings is 2. The summed E-state index contributed by atoms with van der Waals surface area (Å²) in [6, 6.07) is 15.8. The number of piperidine rings is 1. The molecule has 3 aliphatic rings. The number of nitrogens with zero attached hydrogens (tertiary/aromatic N) is 4. The predicted molar refractivity (Wildman–Crippen MR) is 165 cm³/mol. The topological polar surface area (TPSA) is 78.7 Å². The van der Waals surface area contributed by atoms with E-state index in [1.54, 1.807) is 12.3 Å². The van der Waals surface area contributed by atoms with Crippen molar-refractivity contribution in [3.8, 4) is 5.75 Å². The van der Waals surface area contributed by atoms with Gasteiger partial charge < -0.3 is 18.8 Å². The van der Waals surface area contributed by atoms with Gasteiger partial charge in [-0.05, 0) is 87.2 Å². The summed E-state index contributed by atoms with van der Waals surface area (Å²) in [6.07, 6.45) is 9.16. The fourth-order valence-corrected chi connectivity index (χ4v) is 6.53. The molecule has 9 heteroatoms. The van der Waals surface area contributed by atoms with E-state index in [1.807, 2.05) is 24.3 Å². The number of carbonyl (C=O) groups excluding carboxylic acids is 1. The van der Waals surface area contributed by atoms with Gasteiger partial charge in [-0.15, -0.1) is 0 Å². The lowest BCUT2D eigenvalue weighted by atomic mass is 9.86. The van der Waals surface area contributed by atoms with Crippen LogP contribution in [0.5, 0.6) is 5.75 Å². The second-order valence-electron chi connectivity index (χ2n) is 11.8. The summed E-state index contributed by atoms with van der Waals surface area (Å²) < 4.78 is 19.7. The Morgan fingerprint density at radius 1 is 1.14 bits per heavy atom. The second-order valence-corrected chi connectivity index (χ2v) is 12.3. The second kappa shape index (κ2) is 11.4. The smallest absolute Gasteiger partial charge is 0.337 e. The normalized spacial score (nSPS) is 22.2. The van der Waals surface area contributed by atoms with Gasteiger partial charge in [0.15, 0.2) is 5.60 Å². The molecule has 0 saturated carbocycles. The maximum absolute atomic E-state index is 12.2. The Kier molecular flexibility index (Phi) is 7.45. The van der Waals surface area contributed by atoms with E-state index in [0.29, 0.717) is 16.5 Å². The Labute approximate surface area is 256 Å². The third-order valence-electron chi connectivity index (χ3n) is 9.03. The highest BCUT2D eigenvalue weighted by molar-refractivity contribution is 6.30. The summed E-state index contributed by atoms with van der Waals surface area (Å²) in [5.74, 6) is 2.00. The average molecular weight is 599 g/mol. The van der Waals surface area contributed by atoms with Gasteiger partial charge in [0.25, 0.3) is 0 Å². The molecule has 0 N–H and O–H groups in total. The SMILES string of the molecule is COC(=O)c1ccc2nc(CN3CCC(c4cccc5c4OC(C)(c4ccc(Cl)cn4)C=C5)CC3)n(CC3CCO3)c2c1. The van der Waals surface area contributed by atoms with Crippen molar-refractivity contribution in [2.24, 2.45) is 0 Å². The van der Waals surface area contributed by atoms with Crippen molar-refractivity contribution in [1.29, 1.82) is 0 Å². The molecule has 2 unspecified atom stereocenters. The van der Waals surface area contributed by atoms with Gasteiger partial charge in [0.05, 0.1) is 53.6 Å². The molecule has 2 aromatic carbocycles. The first-order chi connectivity index (χ1) is 20.9. The van der Waals surface area contributed by atoms with Crippen molar-refractivity contribution in [3.05, 3.63) is 94.0 Å². The van der Waals surface area contributed by atoms with Crippen LogP contribution in [0.3, 0.4) is 0 Å². The monoisotopic (exact) mass is 598 g/mol. The third-order valence-corrected chi connectivity index (χ3v) is 9.25. The first-order valence-electron chi connectivity index (χ1n) is 14.9. The molecule has 43 heavy (non-hydrogen) atoms. The van der Waals surface area contributed by atoms with E-state index in [-0.39, 0.29) is 12.1 Å². The van der Waals surface area contributed by atoms with E-state index in [0.717, 1.165) is 85.9 Å². The minimum Gasteiger partial charge on any atom is -0.476 e. The zero-order valence-electron chi connectivity index (χ0n) is 24.5. The van der Waals surface area contributed by atoms with Gasteiger partial charge >= 0.3 is 5.97 Å². The number of aromatic nitrogens is 3. The first kappa shape index (κ1) is 28.1. The van der Waals surface area contributed by atoms with Crippen molar-refractivity contribution in [3.63, 3.8) is 0 Å². The molecular weight excluding hydrogens is 564 g/mol. The summed E-state index contributed by atoms with van der Waals surface area (Å²) in [6.45, 7) is 6.24. The summed E-state index contributed by atoms with van der Waals surface area (Å²) >= 11 is 6.10. The molecule has 2 saturated heterocycles. The van der Waals surface area contributed by atoms with Crippen LogP contribution in [0.2, 0.25) is 5.02 Å². The fourth-order valence-electron chi connectivity index (χ4n) is 6.42. The fraction of sp³-hybridized carbons (Fsp3) is 0.382. The van der Waals surface area contributed by atoms with Gasteiger partial charge in [-0.1, -0.05) is 35.9 Å². The van der Waals surface area contributed by atoms with E-state index in [1.165, 1.54) is 12.7 Å². The molecule has 3 aliphatic heterocycles. The molecule has 0 aliphatic carbocycles. The molecule has 8 nitrogen and oxygen atoms in total. The number of imidazole rings is 1. The van der Waals surface area contributed by atoms with E-state index < -0.39 is 5.60 Å². The van der Waals surface area contributed by atoms with Gasteiger partial charge in [0, 0.05) is 18.4 Å². The number of rotatable bonds is 7. The zero-order chi connectivity index (χ0) is 29.6. The molecule has 5 heterocycles. The summed E-state index contributed by atoms with van der Waals surface area (Å²) in [7, 11) is 1.41. The molecule has 7 rings (SSSR count). The number of halogens is 1. The number of ether oxygens (including phenoxy) is 3. The van der Waals surface area contributed by atoms with E-state index >= 15 is 0 Å².